The Kier molecular flexibility index (Phi) is 7.64. The van der Waals surface area contributed by atoms with Gasteiger partial charge in [-0.2, -0.15) is 0 Å². The lowest BCUT2D eigenvalue weighted by atomic mass is 10.1. The monoisotopic (exact) mass is 405 g/mol. The van der Waals surface area contributed by atoms with Crippen molar-refractivity contribution in [1.82, 2.24) is 5.32 Å². The van der Waals surface area contributed by atoms with E-state index in [4.69, 9.17) is 4.74 Å². The molecule has 29 heavy (non-hydrogen) atoms. The smallest absolute Gasteiger partial charge is 0.329 e. The maximum absolute atomic E-state index is 13.5. The molecule has 0 aliphatic heterocycles. The number of para-hydroxylation sites is 1. The number of carbonyl (C=O) groups excluding carboxylic acids is 3. The van der Waals surface area contributed by atoms with Crippen molar-refractivity contribution in [3.05, 3.63) is 60.2 Å². The number of amides is 3. The van der Waals surface area contributed by atoms with Crippen LogP contribution in [-0.2, 0) is 14.3 Å². The minimum atomic E-state index is -1.02. The summed E-state index contributed by atoms with van der Waals surface area (Å²) in [6, 6.07) is 9.57. The van der Waals surface area contributed by atoms with Gasteiger partial charge in [0, 0.05) is 11.8 Å². The zero-order valence-electron chi connectivity index (χ0n) is 15.9. The molecule has 0 spiro atoms. The molecule has 154 valence electrons. The van der Waals surface area contributed by atoms with Crippen LogP contribution in [0, 0.1) is 17.6 Å². The molecule has 0 radical (unpaired) electrons. The van der Waals surface area contributed by atoms with Gasteiger partial charge in [0.1, 0.15) is 17.7 Å². The molecular formula is C20H21F2N3O4. The highest BCUT2D eigenvalue weighted by molar-refractivity contribution is 5.95. The SMILES string of the molecule is CC(C)[C@@H](NC(=O)Nc1ccccc1)C(=O)OCC(=O)Nc1cc(F)ccc1F. The van der Waals surface area contributed by atoms with Crippen molar-refractivity contribution in [2.75, 3.05) is 17.2 Å². The zero-order chi connectivity index (χ0) is 21.4. The normalized spacial score (nSPS) is 11.5. The molecule has 0 aliphatic rings. The summed E-state index contributed by atoms with van der Waals surface area (Å²) in [5.74, 6) is -3.57. The van der Waals surface area contributed by atoms with Gasteiger partial charge in [0.2, 0.25) is 0 Å². The van der Waals surface area contributed by atoms with Crippen LogP contribution in [-0.4, -0.2) is 30.6 Å². The van der Waals surface area contributed by atoms with Crippen LogP contribution in [0.4, 0.5) is 25.0 Å². The van der Waals surface area contributed by atoms with Crippen molar-refractivity contribution >= 4 is 29.3 Å². The van der Waals surface area contributed by atoms with E-state index in [1.54, 1.807) is 44.2 Å². The summed E-state index contributed by atoms with van der Waals surface area (Å²) in [7, 11) is 0. The first kappa shape index (κ1) is 21.8. The fourth-order valence-corrected chi connectivity index (χ4v) is 2.33. The van der Waals surface area contributed by atoms with Gasteiger partial charge in [-0.3, -0.25) is 4.79 Å². The molecule has 0 aliphatic carbocycles. The van der Waals surface area contributed by atoms with Crippen LogP contribution in [0.5, 0.6) is 0 Å². The molecule has 0 bridgehead atoms. The molecule has 0 heterocycles. The molecule has 0 aromatic heterocycles. The number of anilines is 2. The topological polar surface area (TPSA) is 96.5 Å². The number of carbonyl (C=O) groups is 3. The molecule has 7 nitrogen and oxygen atoms in total. The maximum atomic E-state index is 13.5. The molecule has 2 aromatic carbocycles. The van der Waals surface area contributed by atoms with Crippen molar-refractivity contribution in [2.24, 2.45) is 5.92 Å². The maximum Gasteiger partial charge on any atom is 0.329 e. The standard InChI is InChI=1S/C20H21F2N3O4/c1-12(2)18(25-20(28)23-14-6-4-3-5-7-14)19(27)29-11-17(26)24-16-10-13(21)8-9-15(16)22/h3-10,12,18H,11H2,1-2H3,(H,24,26)(H2,23,25,28)/t18-/m1/s1. The molecule has 0 unspecified atom stereocenters. The number of hydrogen-bond acceptors (Lipinski definition) is 4. The van der Waals surface area contributed by atoms with E-state index in [1.165, 1.54) is 0 Å². The summed E-state index contributed by atoms with van der Waals surface area (Å²) in [5.41, 5.74) is 0.171. The molecule has 2 aromatic rings. The first-order valence-electron chi connectivity index (χ1n) is 8.80. The molecular weight excluding hydrogens is 384 g/mol. The summed E-state index contributed by atoms with van der Waals surface area (Å²) in [6.07, 6.45) is 0. The van der Waals surface area contributed by atoms with Gasteiger partial charge in [-0.15, -0.1) is 0 Å². The first-order chi connectivity index (χ1) is 13.8. The van der Waals surface area contributed by atoms with Crippen molar-refractivity contribution in [3.8, 4) is 0 Å². The summed E-state index contributed by atoms with van der Waals surface area (Å²) in [5, 5.41) is 7.18. The van der Waals surface area contributed by atoms with Crippen molar-refractivity contribution < 1.29 is 27.9 Å². The third kappa shape index (κ3) is 6.87. The number of esters is 1. The average molecular weight is 405 g/mol. The second kappa shape index (κ2) is 10.2. The summed E-state index contributed by atoms with van der Waals surface area (Å²) in [6.45, 7) is 2.66. The van der Waals surface area contributed by atoms with Crippen LogP contribution >= 0.6 is 0 Å². The van der Waals surface area contributed by atoms with Crippen LogP contribution in [0.1, 0.15) is 13.8 Å². The van der Waals surface area contributed by atoms with Crippen molar-refractivity contribution in [1.29, 1.82) is 0 Å². The Bertz CT molecular complexity index is 875. The predicted octanol–water partition coefficient (Wildman–Crippen LogP) is 3.29. The Hall–Kier alpha value is -3.49. The molecule has 2 rings (SSSR count). The van der Waals surface area contributed by atoms with E-state index in [1.807, 2.05) is 0 Å². The Morgan fingerprint density at radius 1 is 1.00 bits per heavy atom. The van der Waals surface area contributed by atoms with E-state index in [9.17, 15) is 23.2 Å². The van der Waals surface area contributed by atoms with Crippen LogP contribution in [0.2, 0.25) is 0 Å². The number of halogens is 2. The molecule has 3 amide bonds. The molecule has 1 atom stereocenters. The highest BCUT2D eigenvalue weighted by atomic mass is 19.1. The predicted molar refractivity (Wildman–Crippen MR) is 103 cm³/mol. The second-order valence-electron chi connectivity index (χ2n) is 6.47. The highest BCUT2D eigenvalue weighted by Crippen LogP contribution is 2.15. The third-order valence-electron chi connectivity index (χ3n) is 3.79. The molecule has 9 heteroatoms. The number of hydrogen-bond donors (Lipinski definition) is 3. The highest BCUT2D eigenvalue weighted by Gasteiger charge is 2.26. The Morgan fingerprint density at radius 2 is 1.69 bits per heavy atom. The van der Waals surface area contributed by atoms with Gasteiger partial charge in [-0.1, -0.05) is 32.0 Å². The van der Waals surface area contributed by atoms with E-state index >= 15 is 0 Å². The Labute approximate surface area is 166 Å². The number of urea groups is 1. The van der Waals surface area contributed by atoms with Crippen molar-refractivity contribution in [2.45, 2.75) is 19.9 Å². The van der Waals surface area contributed by atoms with Gasteiger partial charge in [0.05, 0.1) is 5.69 Å². The minimum Gasteiger partial charge on any atom is -0.454 e. The van der Waals surface area contributed by atoms with Crippen LogP contribution < -0.4 is 16.0 Å². The quantitative estimate of drug-likeness (QED) is 0.616. The largest absolute Gasteiger partial charge is 0.454 e. The molecule has 0 saturated heterocycles. The van der Waals surface area contributed by atoms with Crippen LogP contribution in [0.3, 0.4) is 0 Å². The van der Waals surface area contributed by atoms with Gasteiger partial charge < -0.3 is 20.7 Å². The van der Waals surface area contributed by atoms with Crippen molar-refractivity contribution in [3.63, 3.8) is 0 Å². The number of ether oxygens (including phenoxy) is 1. The first-order valence-corrected chi connectivity index (χ1v) is 8.80. The minimum absolute atomic E-state index is 0.326. The summed E-state index contributed by atoms with van der Waals surface area (Å²) in [4.78, 5) is 36.2. The van der Waals surface area contributed by atoms with E-state index in [0.717, 1.165) is 18.2 Å². The van der Waals surface area contributed by atoms with Gasteiger partial charge in [0.15, 0.2) is 6.61 Å². The number of rotatable bonds is 7. The Morgan fingerprint density at radius 3 is 2.34 bits per heavy atom. The van der Waals surface area contributed by atoms with E-state index in [0.29, 0.717) is 5.69 Å². The second-order valence-corrected chi connectivity index (χ2v) is 6.47. The van der Waals surface area contributed by atoms with E-state index in [-0.39, 0.29) is 11.6 Å². The zero-order valence-corrected chi connectivity index (χ0v) is 15.9. The van der Waals surface area contributed by atoms with Gasteiger partial charge in [0.25, 0.3) is 5.91 Å². The lowest BCUT2D eigenvalue weighted by Crippen LogP contribution is -2.47. The van der Waals surface area contributed by atoms with E-state index < -0.39 is 42.2 Å². The average Bonchev–Trinajstić information content (AvgIpc) is 2.67. The van der Waals surface area contributed by atoms with Crippen LogP contribution in [0.25, 0.3) is 0 Å². The lowest BCUT2D eigenvalue weighted by molar-refractivity contribution is -0.150. The summed E-state index contributed by atoms with van der Waals surface area (Å²) >= 11 is 0. The summed E-state index contributed by atoms with van der Waals surface area (Å²) < 4.78 is 31.6. The molecule has 0 fully saturated rings. The third-order valence-corrected chi connectivity index (χ3v) is 3.79. The fourth-order valence-electron chi connectivity index (χ4n) is 2.33. The van der Waals surface area contributed by atoms with Crippen LogP contribution in [0.15, 0.2) is 48.5 Å². The number of nitrogens with one attached hydrogen (secondary N) is 3. The van der Waals surface area contributed by atoms with E-state index in [2.05, 4.69) is 16.0 Å². The van der Waals surface area contributed by atoms with Gasteiger partial charge in [-0.05, 0) is 30.2 Å². The van der Waals surface area contributed by atoms with Gasteiger partial charge >= 0.3 is 12.0 Å². The molecule has 0 saturated carbocycles. The Balaban J connectivity index is 1.89. The molecule has 3 N–H and O–H groups in total. The lowest BCUT2D eigenvalue weighted by Gasteiger charge is -2.21. The van der Waals surface area contributed by atoms with Gasteiger partial charge in [-0.25, -0.2) is 18.4 Å². The number of benzene rings is 2. The fraction of sp³-hybridized carbons (Fsp3) is 0.250.